The molecule has 2 amide bonds. The maximum atomic E-state index is 13.2. The average molecular weight is 482 g/mol. The molecule has 3 aromatic carbocycles. The standard InChI is InChI=1S/C25H27N3O5S/c1-18-13-14-20(34(31,32)28(2)22-11-7-8-12-23(22)33-3)17-21(18)25(30)27-16-15-26-24(29)19-9-5-4-6-10-19/h4-14,17H,15-16H2,1-3H3,(H,26,29)(H,27,30). The van der Waals surface area contributed by atoms with Crippen LogP contribution in [0.5, 0.6) is 5.75 Å². The SMILES string of the molecule is COc1ccccc1N(C)S(=O)(=O)c1ccc(C)c(C(=O)NCCNC(=O)c2ccccc2)c1. The summed E-state index contributed by atoms with van der Waals surface area (Å²) in [7, 11) is -1.05. The van der Waals surface area contributed by atoms with Crippen LogP contribution >= 0.6 is 0 Å². The number of nitrogens with one attached hydrogen (secondary N) is 2. The number of nitrogens with zero attached hydrogens (tertiary/aromatic N) is 1. The number of anilines is 1. The number of methoxy groups -OCH3 is 1. The topological polar surface area (TPSA) is 105 Å². The number of carbonyl (C=O) groups excluding carboxylic acids is 2. The Hall–Kier alpha value is -3.85. The van der Waals surface area contributed by atoms with Crippen molar-refractivity contribution in [1.29, 1.82) is 0 Å². The van der Waals surface area contributed by atoms with Crippen molar-refractivity contribution in [3.8, 4) is 5.75 Å². The first-order valence-electron chi connectivity index (χ1n) is 10.6. The highest BCUT2D eigenvalue weighted by Gasteiger charge is 2.25. The Morgan fingerprint density at radius 1 is 0.882 bits per heavy atom. The van der Waals surface area contributed by atoms with Gasteiger partial charge in [-0.05, 0) is 48.9 Å². The summed E-state index contributed by atoms with van der Waals surface area (Å²) in [5.74, 6) is -0.252. The molecule has 0 fully saturated rings. The minimum atomic E-state index is -3.95. The predicted octanol–water partition coefficient (Wildman–Crippen LogP) is 2.99. The third-order valence-electron chi connectivity index (χ3n) is 5.27. The second-order valence-corrected chi connectivity index (χ2v) is 9.47. The van der Waals surface area contributed by atoms with Gasteiger partial charge >= 0.3 is 0 Å². The third-order valence-corrected chi connectivity index (χ3v) is 7.04. The fraction of sp³-hybridized carbons (Fsp3) is 0.200. The Labute approximate surface area is 199 Å². The van der Waals surface area contributed by atoms with Crippen molar-refractivity contribution in [1.82, 2.24) is 10.6 Å². The molecule has 0 spiro atoms. The lowest BCUT2D eigenvalue weighted by molar-refractivity contribution is 0.0927. The molecule has 0 atom stereocenters. The first kappa shape index (κ1) is 24.8. The summed E-state index contributed by atoms with van der Waals surface area (Å²) in [5, 5.41) is 5.45. The first-order chi connectivity index (χ1) is 16.3. The molecular formula is C25H27N3O5S. The molecule has 0 radical (unpaired) electrons. The summed E-state index contributed by atoms with van der Waals surface area (Å²) in [6.07, 6.45) is 0. The maximum Gasteiger partial charge on any atom is 0.264 e. The Kier molecular flexibility index (Phi) is 7.91. The molecule has 178 valence electrons. The van der Waals surface area contributed by atoms with Gasteiger partial charge in [0.2, 0.25) is 0 Å². The molecule has 0 unspecified atom stereocenters. The smallest absolute Gasteiger partial charge is 0.264 e. The molecule has 3 rings (SSSR count). The molecule has 0 heterocycles. The lowest BCUT2D eigenvalue weighted by Crippen LogP contribution is -2.35. The Morgan fingerprint density at radius 3 is 2.18 bits per heavy atom. The van der Waals surface area contributed by atoms with Gasteiger partial charge in [-0.1, -0.05) is 36.4 Å². The van der Waals surface area contributed by atoms with E-state index < -0.39 is 15.9 Å². The van der Waals surface area contributed by atoms with Crippen molar-refractivity contribution in [2.45, 2.75) is 11.8 Å². The second kappa shape index (κ2) is 10.8. The number of para-hydroxylation sites is 2. The van der Waals surface area contributed by atoms with Crippen LogP contribution in [0.3, 0.4) is 0 Å². The summed E-state index contributed by atoms with van der Waals surface area (Å²) >= 11 is 0. The average Bonchev–Trinajstić information content (AvgIpc) is 2.86. The van der Waals surface area contributed by atoms with Crippen LogP contribution in [-0.4, -0.2) is 47.5 Å². The van der Waals surface area contributed by atoms with Crippen LogP contribution < -0.4 is 19.7 Å². The zero-order valence-electron chi connectivity index (χ0n) is 19.2. The van der Waals surface area contributed by atoms with E-state index in [0.29, 0.717) is 22.6 Å². The van der Waals surface area contributed by atoms with Gasteiger partial charge in [0.25, 0.3) is 21.8 Å². The molecule has 3 aromatic rings. The van der Waals surface area contributed by atoms with E-state index in [-0.39, 0.29) is 29.5 Å². The van der Waals surface area contributed by atoms with E-state index in [1.807, 2.05) is 6.07 Å². The van der Waals surface area contributed by atoms with Gasteiger partial charge in [0, 0.05) is 31.3 Å². The van der Waals surface area contributed by atoms with E-state index in [1.54, 1.807) is 61.5 Å². The van der Waals surface area contributed by atoms with Crippen molar-refractivity contribution in [3.63, 3.8) is 0 Å². The molecule has 34 heavy (non-hydrogen) atoms. The largest absolute Gasteiger partial charge is 0.495 e. The molecule has 9 heteroatoms. The number of aryl methyl sites for hydroxylation is 1. The molecule has 0 saturated carbocycles. The zero-order valence-corrected chi connectivity index (χ0v) is 20.1. The minimum absolute atomic E-state index is 0.0194. The number of hydrogen-bond donors (Lipinski definition) is 2. The lowest BCUT2D eigenvalue weighted by Gasteiger charge is -2.22. The van der Waals surface area contributed by atoms with Gasteiger partial charge < -0.3 is 15.4 Å². The summed E-state index contributed by atoms with van der Waals surface area (Å²) in [6, 6.07) is 20.0. The van der Waals surface area contributed by atoms with Gasteiger partial charge in [-0.15, -0.1) is 0 Å². The quantitative estimate of drug-likeness (QED) is 0.457. The highest BCUT2D eigenvalue weighted by molar-refractivity contribution is 7.92. The van der Waals surface area contributed by atoms with E-state index in [2.05, 4.69) is 10.6 Å². The van der Waals surface area contributed by atoms with E-state index in [0.717, 1.165) is 4.31 Å². The van der Waals surface area contributed by atoms with Crippen molar-refractivity contribution >= 4 is 27.5 Å². The van der Waals surface area contributed by atoms with Crippen LogP contribution in [0.4, 0.5) is 5.69 Å². The van der Waals surface area contributed by atoms with E-state index in [9.17, 15) is 18.0 Å². The van der Waals surface area contributed by atoms with Crippen molar-refractivity contribution in [3.05, 3.63) is 89.5 Å². The molecule has 0 bridgehead atoms. The molecule has 0 aliphatic heterocycles. The van der Waals surface area contributed by atoms with Gasteiger partial charge in [-0.3, -0.25) is 13.9 Å². The van der Waals surface area contributed by atoms with Gasteiger partial charge in [0.1, 0.15) is 5.75 Å². The molecule has 8 nitrogen and oxygen atoms in total. The van der Waals surface area contributed by atoms with Crippen molar-refractivity contribution in [2.75, 3.05) is 31.6 Å². The van der Waals surface area contributed by atoms with Gasteiger partial charge in [0.05, 0.1) is 17.7 Å². The molecule has 0 saturated heterocycles. The molecule has 0 aliphatic carbocycles. The Morgan fingerprint density at radius 2 is 1.50 bits per heavy atom. The highest BCUT2D eigenvalue weighted by Crippen LogP contribution is 2.31. The normalized spacial score (nSPS) is 10.9. The Bertz CT molecular complexity index is 1280. The number of benzene rings is 3. The minimum Gasteiger partial charge on any atom is -0.495 e. The Balaban J connectivity index is 1.70. The number of ether oxygens (including phenoxy) is 1. The third kappa shape index (κ3) is 5.55. The predicted molar refractivity (Wildman–Crippen MR) is 131 cm³/mol. The lowest BCUT2D eigenvalue weighted by atomic mass is 10.1. The van der Waals surface area contributed by atoms with Crippen LogP contribution in [0, 0.1) is 6.92 Å². The summed E-state index contributed by atoms with van der Waals surface area (Å²) in [6.45, 7) is 2.15. The fourth-order valence-corrected chi connectivity index (χ4v) is 4.56. The van der Waals surface area contributed by atoms with Gasteiger partial charge in [-0.25, -0.2) is 8.42 Å². The first-order valence-corrected chi connectivity index (χ1v) is 12.0. The summed E-state index contributed by atoms with van der Waals surface area (Å²) < 4.78 is 32.9. The summed E-state index contributed by atoms with van der Waals surface area (Å²) in [4.78, 5) is 24.8. The zero-order chi connectivity index (χ0) is 24.7. The maximum absolute atomic E-state index is 13.2. The number of hydrogen-bond acceptors (Lipinski definition) is 5. The monoisotopic (exact) mass is 481 g/mol. The van der Waals surface area contributed by atoms with Crippen LogP contribution in [0.15, 0.2) is 77.7 Å². The van der Waals surface area contributed by atoms with E-state index in [4.69, 9.17) is 4.74 Å². The van der Waals surface area contributed by atoms with E-state index >= 15 is 0 Å². The summed E-state index contributed by atoms with van der Waals surface area (Å²) in [5.41, 5.74) is 1.78. The van der Waals surface area contributed by atoms with Crippen molar-refractivity contribution in [2.24, 2.45) is 0 Å². The number of carbonyl (C=O) groups is 2. The fourth-order valence-electron chi connectivity index (χ4n) is 3.32. The van der Waals surface area contributed by atoms with E-state index in [1.165, 1.54) is 26.3 Å². The highest BCUT2D eigenvalue weighted by atomic mass is 32.2. The second-order valence-electron chi connectivity index (χ2n) is 7.50. The van der Waals surface area contributed by atoms with Gasteiger partial charge in [-0.2, -0.15) is 0 Å². The molecule has 0 aliphatic rings. The van der Waals surface area contributed by atoms with Crippen LogP contribution in [-0.2, 0) is 10.0 Å². The van der Waals surface area contributed by atoms with Gasteiger partial charge in [0.15, 0.2) is 0 Å². The van der Waals surface area contributed by atoms with Crippen molar-refractivity contribution < 1.29 is 22.7 Å². The number of amides is 2. The number of rotatable bonds is 9. The van der Waals surface area contributed by atoms with Crippen LogP contribution in [0.2, 0.25) is 0 Å². The van der Waals surface area contributed by atoms with Crippen LogP contribution in [0.25, 0.3) is 0 Å². The molecule has 2 N–H and O–H groups in total. The molecule has 0 aromatic heterocycles. The number of sulfonamides is 1. The molecular weight excluding hydrogens is 454 g/mol. The van der Waals surface area contributed by atoms with Crippen LogP contribution in [0.1, 0.15) is 26.3 Å².